The summed E-state index contributed by atoms with van der Waals surface area (Å²) < 4.78 is 0. The van der Waals surface area contributed by atoms with Crippen molar-refractivity contribution in [3.05, 3.63) is 91.0 Å². The molecule has 3 aromatic rings. The molecule has 0 atom stereocenters. The van der Waals surface area contributed by atoms with Gasteiger partial charge in [-0.3, -0.25) is 0 Å². The van der Waals surface area contributed by atoms with Crippen LogP contribution in [0.5, 0.6) is 0 Å². The number of aromatic nitrogens is 2. The van der Waals surface area contributed by atoms with Crippen LogP contribution in [0, 0.1) is 13.8 Å². The Labute approximate surface area is 139 Å². The lowest BCUT2D eigenvalue weighted by Gasteiger charge is -2.17. The molecule has 0 saturated carbocycles. The smallest absolute Gasteiger partial charge is 0.213 e. The van der Waals surface area contributed by atoms with Gasteiger partial charge in [-0.15, -0.1) is 6.58 Å². The molecule has 0 aliphatic carbocycles. The first-order valence-corrected chi connectivity index (χ1v) is 7.88. The summed E-state index contributed by atoms with van der Waals surface area (Å²) in [4.78, 5) is 6.42. The van der Waals surface area contributed by atoms with Gasteiger partial charge in [-0.25, -0.2) is 4.98 Å². The summed E-state index contributed by atoms with van der Waals surface area (Å²) in [6.07, 6.45) is 8.08. The predicted octanol–water partition coefficient (Wildman–Crippen LogP) is 3.51. The van der Waals surface area contributed by atoms with Gasteiger partial charge in [-0.2, -0.15) is 0 Å². The molecule has 0 saturated heterocycles. The van der Waals surface area contributed by atoms with Crippen LogP contribution in [0.15, 0.2) is 79.9 Å². The van der Waals surface area contributed by atoms with Crippen molar-refractivity contribution in [3.63, 3.8) is 0 Å². The molecular weight excluding hydrogens is 279 g/mol. The summed E-state index contributed by atoms with van der Waals surface area (Å²) in [5.41, 5.74) is 5.53. The van der Waals surface area contributed by atoms with Gasteiger partial charge in [-0.05, 0) is 20.2 Å². The third-order valence-corrected chi connectivity index (χ3v) is 3.94. The van der Waals surface area contributed by atoms with Crippen molar-refractivity contribution in [1.29, 1.82) is 0 Å². The summed E-state index contributed by atoms with van der Waals surface area (Å²) in [7, 11) is 0. The molecule has 3 heteroatoms. The third-order valence-electron chi connectivity index (χ3n) is 3.94. The molecule has 1 aromatic heterocycles. The Bertz CT molecular complexity index is 657. The van der Waals surface area contributed by atoms with E-state index in [1.807, 2.05) is 6.08 Å². The van der Waals surface area contributed by atoms with Crippen molar-refractivity contribution in [1.82, 2.24) is 9.97 Å². The van der Waals surface area contributed by atoms with Gasteiger partial charge >= 0.3 is 0 Å². The van der Waals surface area contributed by atoms with E-state index in [1.54, 1.807) is 18.7 Å². The van der Waals surface area contributed by atoms with E-state index in [1.165, 1.54) is 22.1 Å². The summed E-state index contributed by atoms with van der Waals surface area (Å²) in [5.74, 6) is 0. The van der Waals surface area contributed by atoms with Crippen molar-refractivity contribution in [2.45, 2.75) is 20.2 Å². The standard InChI is InChI=1S/C17H19B.C3H4N2/c1-4-13-18(16-11-7-5-9-14(16)2)17-12-8-6-10-15(17)3;1-2-5-3-4-1/h4-12H,1,13H2,2-3H3;1-3H,(H,4,5). The molecule has 0 spiro atoms. The van der Waals surface area contributed by atoms with Crippen LogP contribution in [0.3, 0.4) is 0 Å². The highest BCUT2D eigenvalue weighted by Gasteiger charge is 2.20. The van der Waals surface area contributed by atoms with E-state index in [2.05, 4.69) is 78.9 Å². The average molecular weight is 302 g/mol. The second-order valence-electron chi connectivity index (χ2n) is 5.55. The van der Waals surface area contributed by atoms with E-state index < -0.39 is 0 Å². The zero-order chi connectivity index (χ0) is 16.5. The van der Waals surface area contributed by atoms with Crippen LogP contribution in [-0.4, -0.2) is 16.7 Å². The van der Waals surface area contributed by atoms with E-state index in [0.717, 1.165) is 6.32 Å². The van der Waals surface area contributed by atoms with Gasteiger partial charge < -0.3 is 4.98 Å². The van der Waals surface area contributed by atoms with Gasteiger partial charge in [0.2, 0.25) is 6.71 Å². The lowest BCUT2D eigenvalue weighted by atomic mass is 9.37. The van der Waals surface area contributed by atoms with E-state index in [0.29, 0.717) is 6.71 Å². The number of imidazole rings is 1. The maximum Gasteiger partial charge on any atom is 0.213 e. The Morgan fingerprint density at radius 3 is 1.91 bits per heavy atom. The van der Waals surface area contributed by atoms with Crippen LogP contribution in [-0.2, 0) is 0 Å². The first-order chi connectivity index (χ1) is 11.2. The Hall–Kier alpha value is -2.55. The SMILES string of the molecule is C=CCB(c1ccccc1C)c1ccccc1C.c1c[nH]cn1. The zero-order valence-electron chi connectivity index (χ0n) is 13.9. The second-order valence-corrected chi connectivity index (χ2v) is 5.55. The number of hydrogen-bond donors (Lipinski definition) is 1. The number of allylic oxidation sites excluding steroid dienone is 1. The van der Waals surface area contributed by atoms with Gasteiger partial charge in [0.05, 0.1) is 6.33 Å². The highest BCUT2D eigenvalue weighted by atomic mass is 14.8. The molecule has 3 rings (SSSR count). The van der Waals surface area contributed by atoms with Gasteiger partial charge in [0.15, 0.2) is 0 Å². The summed E-state index contributed by atoms with van der Waals surface area (Å²) in [6, 6.07) is 17.3. The number of benzene rings is 2. The van der Waals surface area contributed by atoms with Crippen molar-refractivity contribution >= 4 is 17.6 Å². The summed E-state index contributed by atoms with van der Waals surface area (Å²) in [5, 5.41) is 0. The molecule has 0 bridgehead atoms. The topological polar surface area (TPSA) is 28.7 Å². The molecule has 0 radical (unpaired) electrons. The molecule has 2 aromatic carbocycles. The van der Waals surface area contributed by atoms with Crippen molar-refractivity contribution in [3.8, 4) is 0 Å². The molecule has 0 fully saturated rings. The highest BCUT2D eigenvalue weighted by Crippen LogP contribution is 2.05. The Morgan fingerprint density at radius 1 is 1.00 bits per heavy atom. The fourth-order valence-electron chi connectivity index (χ4n) is 2.76. The Morgan fingerprint density at radius 2 is 1.57 bits per heavy atom. The third kappa shape index (κ3) is 4.72. The van der Waals surface area contributed by atoms with E-state index in [-0.39, 0.29) is 0 Å². The quantitative estimate of drug-likeness (QED) is 0.580. The van der Waals surface area contributed by atoms with Crippen LogP contribution in [0.25, 0.3) is 0 Å². The summed E-state index contributed by atoms with van der Waals surface area (Å²) >= 11 is 0. The Balaban J connectivity index is 0.000000326. The molecule has 0 aliphatic heterocycles. The largest absolute Gasteiger partial charge is 0.351 e. The molecular formula is C20H23BN2. The van der Waals surface area contributed by atoms with Crippen molar-refractivity contribution in [2.75, 3.05) is 0 Å². The monoisotopic (exact) mass is 302 g/mol. The molecule has 2 nitrogen and oxygen atoms in total. The second kappa shape index (κ2) is 8.79. The molecule has 116 valence electrons. The molecule has 0 amide bonds. The lowest BCUT2D eigenvalue weighted by molar-refractivity contribution is 1.31. The first-order valence-electron chi connectivity index (χ1n) is 7.88. The average Bonchev–Trinajstić information content (AvgIpc) is 3.14. The van der Waals surface area contributed by atoms with Crippen LogP contribution in [0.2, 0.25) is 6.32 Å². The zero-order valence-corrected chi connectivity index (χ0v) is 13.9. The number of aryl methyl sites for hydroxylation is 2. The predicted molar refractivity (Wildman–Crippen MR) is 101 cm³/mol. The van der Waals surface area contributed by atoms with Crippen molar-refractivity contribution in [2.24, 2.45) is 0 Å². The number of nitrogens with one attached hydrogen (secondary N) is 1. The van der Waals surface area contributed by atoms with Crippen LogP contribution < -0.4 is 10.9 Å². The fourth-order valence-corrected chi connectivity index (χ4v) is 2.76. The first kappa shape index (κ1) is 16.8. The molecule has 23 heavy (non-hydrogen) atoms. The van der Waals surface area contributed by atoms with E-state index >= 15 is 0 Å². The maximum absolute atomic E-state index is 3.91. The van der Waals surface area contributed by atoms with Gasteiger partial charge in [0.25, 0.3) is 0 Å². The molecule has 1 heterocycles. The molecule has 0 unspecified atom stereocenters. The number of H-pyrrole nitrogens is 1. The highest BCUT2D eigenvalue weighted by molar-refractivity contribution is 6.86. The number of nitrogens with zero attached hydrogens (tertiary/aromatic N) is 1. The number of aromatic amines is 1. The van der Waals surface area contributed by atoms with Gasteiger partial charge in [0, 0.05) is 12.4 Å². The van der Waals surface area contributed by atoms with Crippen LogP contribution >= 0.6 is 0 Å². The minimum absolute atomic E-state index is 0.421. The van der Waals surface area contributed by atoms with Crippen LogP contribution in [0.1, 0.15) is 11.1 Å². The normalized spacial score (nSPS) is 9.65. The number of rotatable bonds is 4. The molecule has 0 aliphatic rings. The minimum Gasteiger partial charge on any atom is -0.351 e. The lowest BCUT2D eigenvalue weighted by Crippen LogP contribution is -2.44. The van der Waals surface area contributed by atoms with E-state index in [4.69, 9.17) is 0 Å². The Kier molecular flexibility index (Phi) is 6.43. The maximum atomic E-state index is 3.91. The van der Waals surface area contributed by atoms with Crippen molar-refractivity contribution < 1.29 is 0 Å². The molecule has 1 N–H and O–H groups in total. The van der Waals surface area contributed by atoms with Gasteiger partial charge in [0.1, 0.15) is 0 Å². The summed E-state index contributed by atoms with van der Waals surface area (Å²) in [6.45, 7) is 8.70. The van der Waals surface area contributed by atoms with Gasteiger partial charge in [-0.1, -0.05) is 76.7 Å². The number of hydrogen-bond acceptors (Lipinski definition) is 1. The fraction of sp³-hybridized carbons (Fsp3) is 0.150. The van der Waals surface area contributed by atoms with Crippen LogP contribution in [0.4, 0.5) is 0 Å². The minimum atomic E-state index is 0.421. The van der Waals surface area contributed by atoms with E-state index in [9.17, 15) is 0 Å².